The molecule has 0 aliphatic heterocycles. The van der Waals surface area contributed by atoms with Gasteiger partial charge in [0.05, 0.1) is 0 Å². The largest absolute Gasteiger partial charge is 0.303 e. The highest BCUT2D eigenvalue weighted by atomic mass is 15.1. The molecule has 0 fully saturated rings. The molecule has 92 valence electrons. The van der Waals surface area contributed by atoms with E-state index in [-0.39, 0.29) is 0 Å². The Balaban J connectivity index is 3.86. The van der Waals surface area contributed by atoms with Crippen LogP contribution >= 0.6 is 0 Å². The Morgan fingerprint density at radius 1 is 0.800 bits per heavy atom. The van der Waals surface area contributed by atoms with Gasteiger partial charge < -0.3 is 4.90 Å². The van der Waals surface area contributed by atoms with Crippen LogP contribution in [0.25, 0.3) is 0 Å². The smallest absolute Gasteiger partial charge is 0.000945 e. The number of hydrogen-bond acceptors (Lipinski definition) is 1. The SMILES string of the molecule is CCCCN(CCCC)CC(CC)CC. The zero-order valence-electron chi connectivity index (χ0n) is 11.4. The molecule has 0 heterocycles. The fourth-order valence-electron chi connectivity index (χ4n) is 1.97. The standard InChI is InChI=1S/C14H31N/c1-5-9-11-15(12-10-6-2)13-14(7-3)8-4/h14H,5-13H2,1-4H3. The van der Waals surface area contributed by atoms with Gasteiger partial charge in [0.15, 0.2) is 0 Å². The van der Waals surface area contributed by atoms with Crippen molar-refractivity contribution in [2.24, 2.45) is 5.92 Å². The van der Waals surface area contributed by atoms with Crippen LogP contribution in [0.4, 0.5) is 0 Å². The van der Waals surface area contributed by atoms with Crippen molar-refractivity contribution in [1.82, 2.24) is 4.90 Å². The molecule has 0 radical (unpaired) electrons. The van der Waals surface area contributed by atoms with Gasteiger partial charge in [-0.25, -0.2) is 0 Å². The lowest BCUT2D eigenvalue weighted by molar-refractivity contribution is 0.218. The molecule has 0 saturated heterocycles. The molecule has 0 saturated carbocycles. The number of rotatable bonds is 10. The van der Waals surface area contributed by atoms with Gasteiger partial charge in [-0.05, 0) is 31.8 Å². The maximum absolute atomic E-state index is 2.69. The monoisotopic (exact) mass is 213 g/mol. The van der Waals surface area contributed by atoms with Gasteiger partial charge in [0.2, 0.25) is 0 Å². The van der Waals surface area contributed by atoms with Crippen molar-refractivity contribution < 1.29 is 0 Å². The van der Waals surface area contributed by atoms with Crippen LogP contribution in [0, 0.1) is 5.92 Å². The predicted octanol–water partition coefficient (Wildman–Crippen LogP) is 4.32. The molecule has 0 aromatic heterocycles. The van der Waals surface area contributed by atoms with E-state index < -0.39 is 0 Å². The molecule has 0 spiro atoms. The van der Waals surface area contributed by atoms with Gasteiger partial charge in [-0.2, -0.15) is 0 Å². The van der Waals surface area contributed by atoms with Crippen LogP contribution in [0.3, 0.4) is 0 Å². The minimum atomic E-state index is 0.915. The van der Waals surface area contributed by atoms with Gasteiger partial charge in [-0.1, -0.05) is 53.4 Å². The average Bonchev–Trinajstić information content (AvgIpc) is 2.28. The van der Waals surface area contributed by atoms with Crippen LogP contribution in [0.1, 0.15) is 66.2 Å². The van der Waals surface area contributed by atoms with Crippen molar-refractivity contribution in [3.8, 4) is 0 Å². The Morgan fingerprint density at radius 3 is 1.60 bits per heavy atom. The summed E-state index contributed by atoms with van der Waals surface area (Å²) in [6.07, 6.45) is 8.06. The van der Waals surface area contributed by atoms with Crippen molar-refractivity contribution in [2.45, 2.75) is 66.2 Å². The van der Waals surface area contributed by atoms with Crippen molar-refractivity contribution in [3.05, 3.63) is 0 Å². The summed E-state index contributed by atoms with van der Waals surface area (Å²) in [5, 5.41) is 0. The Kier molecular flexibility index (Phi) is 10.4. The molecule has 15 heavy (non-hydrogen) atoms. The van der Waals surface area contributed by atoms with Crippen molar-refractivity contribution in [1.29, 1.82) is 0 Å². The third-order valence-corrected chi connectivity index (χ3v) is 3.33. The summed E-state index contributed by atoms with van der Waals surface area (Å²) in [6, 6.07) is 0. The van der Waals surface area contributed by atoms with Gasteiger partial charge >= 0.3 is 0 Å². The summed E-state index contributed by atoms with van der Waals surface area (Å²) in [4.78, 5) is 2.69. The number of nitrogens with zero attached hydrogens (tertiary/aromatic N) is 1. The van der Waals surface area contributed by atoms with Crippen LogP contribution in [-0.4, -0.2) is 24.5 Å². The molecule has 0 aromatic rings. The third-order valence-electron chi connectivity index (χ3n) is 3.33. The lowest BCUT2D eigenvalue weighted by atomic mass is 10.0. The van der Waals surface area contributed by atoms with Crippen LogP contribution < -0.4 is 0 Å². The molecule has 0 aromatic carbocycles. The Labute approximate surface area is 97.2 Å². The second kappa shape index (κ2) is 10.5. The lowest BCUT2D eigenvalue weighted by Crippen LogP contribution is -2.31. The summed E-state index contributed by atoms with van der Waals surface area (Å²) < 4.78 is 0. The molecule has 1 nitrogen and oxygen atoms in total. The zero-order chi connectivity index (χ0) is 11.5. The summed E-state index contributed by atoms with van der Waals surface area (Å²) in [7, 11) is 0. The molecule has 1 heteroatoms. The topological polar surface area (TPSA) is 3.24 Å². The molecule has 0 bridgehead atoms. The summed E-state index contributed by atoms with van der Waals surface area (Å²) in [5.41, 5.74) is 0. The minimum Gasteiger partial charge on any atom is -0.303 e. The van der Waals surface area contributed by atoms with E-state index in [0.29, 0.717) is 0 Å². The van der Waals surface area contributed by atoms with Gasteiger partial charge in [-0.3, -0.25) is 0 Å². The summed E-state index contributed by atoms with van der Waals surface area (Å²) in [5.74, 6) is 0.915. The van der Waals surface area contributed by atoms with Crippen molar-refractivity contribution in [3.63, 3.8) is 0 Å². The molecular formula is C14H31N. The molecule has 0 rings (SSSR count). The highest BCUT2D eigenvalue weighted by Crippen LogP contribution is 2.11. The maximum Gasteiger partial charge on any atom is 0.000945 e. The van der Waals surface area contributed by atoms with E-state index >= 15 is 0 Å². The van der Waals surface area contributed by atoms with Crippen LogP contribution in [0.15, 0.2) is 0 Å². The summed E-state index contributed by atoms with van der Waals surface area (Å²) >= 11 is 0. The van der Waals surface area contributed by atoms with Crippen LogP contribution in [0.5, 0.6) is 0 Å². The molecule has 0 unspecified atom stereocenters. The first-order chi connectivity index (χ1) is 7.28. The van der Waals surface area contributed by atoms with Gasteiger partial charge in [0, 0.05) is 6.54 Å². The van der Waals surface area contributed by atoms with Gasteiger partial charge in [0.1, 0.15) is 0 Å². The first-order valence-corrected chi connectivity index (χ1v) is 7.00. The minimum absolute atomic E-state index is 0.915. The molecule has 0 amide bonds. The second-order valence-electron chi connectivity index (χ2n) is 4.69. The molecule has 0 atom stereocenters. The third kappa shape index (κ3) is 7.84. The molecule has 0 aliphatic carbocycles. The Bertz CT molecular complexity index is 111. The van der Waals surface area contributed by atoms with E-state index in [0.717, 1.165) is 5.92 Å². The number of unbranched alkanes of at least 4 members (excludes halogenated alkanes) is 2. The predicted molar refractivity (Wildman–Crippen MR) is 70.3 cm³/mol. The van der Waals surface area contributed by atoms with E-state index in [1.165, 1.54) is 58.2 Å². The van der Waals surface area contributed by atoms with Gasteiger partial charge in [-0.15, -0.1) is 0 Å². The first-order valence-electron chi connectivity index (χ1n) is 7.00. The normalized spacial score (nSPS) is 11.6. The lowest BCUT2D eigenvalue weighted by Gasteiger charge is -2.26. The maximum atomic E-state index is 2.69. The summed E-state index contributed by atoms with van der Waals surface area (Å²) in [6.45, 7) is 13.2. The fourth-order valence-corrected chi connectivity index (χ4v) is 1.97. The quantitative estimate of drug-likeness (QED) is 0.522. The second-order valence-corrected chi connectivity index (χ2v) is 4.69. The van der Waals surface area contributed by atoms with Crippen LogP contribution in [0.2, 0.25) is 0 Å². The van der Waals surface area contributed by atoms with Crippen molar-refractivity contribution in [2.75, 3.05) is 19.6 Å². The Hall–Kier alpha value is -0.0400. The number of hydrogen-bond donors (Lipinski definition) is 0. The van der Waals surface area contributed by atoms with E-state index in [9.17, 15) is 0 Å². The van der Waals surface area contributed by atoms with E-state index in [1.807, 2.05) is 0 Å². The molecule has 0 N–H and O–H groups in total. The van der Waals surface area contributed by atoms with E-state index in [2.05, 4.69) is 32.6 Å². The van der Waals surface area contributed by atoms with Crippen molar-refractivity contribution >= 4 is 0 Å². The van der Waals surface area contributed by atoms with E-state index in [1.54, 1.807) is 0 Å². The zero-order valence-corrected chi connectivity index (χ0v) is 11.4. The highest BCUT2D eigenvalue weighted by Gasteiger charge is 2.10. The molecular weight excluding hydrogens is 182 g/mol. The highest BCUT2D eigenvalue weighted by molar-refractivity contribution is 4.64. The fraction of sp³-hybridized carbons (Fsp3) is 1.00. The van der Waals surface area contributed by atoms with E-state index in [4.69, 9.17) is 0 Å². The first kappa shape index (κ1) is 15.0. The average molecular weight is 213 g/mol. The molecule has 0 aliphatic rings. The Morgan fingerprint density at radius 2 is 1.27 bits per heavy atom. The van der Waals surface area contributed by atoms with Gasteiger partial charge in [0.25, 0.3) is 0 Å². The van der Waals surface area contributed by atoms with Crippen LogP contribution in [-0.2, 0) is 0 Å².